The van der Waals surface area contributed by atoms with Crippen molar-refractivity contribution >= 4 is 5.96 Å². The maximum Gasteiger partial charge on any atom is 0.248 e. The molecule has 2 saturated carbocycles. The largest absolute Gasteiger partial charge is 0.370 e. The second kappa shape index (κ2) is 5.19. The summed E-state index contributed by atoms with van der Waals surface area (Å²) in [6.45, 7) is 1.30. The molecule has 98 valence electrons. The van der Waals surface area contributed by atoms with Crippen molar-refractivity contribution in [2.45, 2.75) is 44.4 Å². The average molecular weight is 245 g/mol. The summed E-state index contributed by atoms with van der Waals surface area (Å²) in [5.41, 5.74) is 5.70. The van der Waals surface area contributed by atoms with Gasteiger partial charge in [0.15, 0.2) is 5.96 Å². The van der Waals surface area contributed by atoms with Crippen molar-refractivity contribution in [1.82, 2.24) is 5.32 Å². The van der Waals surface area contributed by atoms with Crippen LogP contribution in [0.4, 0.5) is 8.78 Å². The van der Waals surface area contributed by atoms with Gasteiger partial charge in [-0.25, -0.2) is 8.78 Å². The lowest BCUT2D eigenvalue weighted by Gasteiger charge is -2.25. The van der Waals surface area contributed by atoms with E-state index in [9.17, 15) is 8.78 Å². The van der Waals surface area contributed by atoms with E-state index in [0.717, 1.165) is 12.5 Å². The molecular weight excluding hydrogens is 224 g/mol. The molecule has 3 N–H and O–H groups in total. The molecule has 0 aromatic rings. The molecule has 2 aliphatic carbocycles. The number of alkyl halides is 2. The summed E-state index contributed by atoms with van der Waals surface area (Å²) in [7, 11) is 0. The molecule has 0 radical (unpaired) electrons. The van der Waals surface area contributed by atoms with Gasteiger partial charge in [-0.15, -0.1) is 0 Å². The molecule has 0 bridgehead atoms. The standard InChI is InChI=1S/C12H21F2N3/c13-12(14)5-4-10(6-12)8-17-11(15)16-7-9-2-1-3-9/h9-10H,1-8H2,(H3,15,16,17). The van der Waals surface area contributed by atoms with Crippen LogP contribution in [0.1, 0.15) is 38.5 Å². The molecule has 0 spiro atoms. The van der Waals surface area contributed by atoms with E-state index >= 15 is 0 Å². The molecule has 1 atom stereocenters. The lowest BCUT2D eigenvalue weighted by molar-refractivity contribution is 0.00542. The minimum Gasteiger partial charge on any atom is -0.370 e. The monoisotopic (exact) mass is 245 g/mol. The zero-order chi connectivity index (χ0) is 12.3. The SMILES string of the molecule is NC(=NCC1CCC(F)(F)C1)NCC1CCC1. The smallest absolute Gasteiger partial charge is 0.248 e. The molecule has 0 aromatic heterocycles. The predicted molar refractivity (Wildman–Crippen MR) is 64.1 cm³/mol. The van der Waals surface area contributed by atoms with E-state index in [1.54, 1.807) is 0 Å². The molecule has 3 nitrogen and oxygen atoms in total. The number of nitrogens with two attached hydrogens (primary N) is 1. The summed E-state index contributed by atoms with van der Waals surface area (Å²) in [6, 6.07) is 0. The van der Waals surface area contributed by atoms with Crippen molar-refractivity contribution in [3.8, 4) is 0 Å². The van der Waals surface area contributed by atoms with Crippen LogP contribution in [-0.4, -0.2) is 25.0 Å². The molecule has 2 rings (SSSR count). The van der Waals surface area contributed by atoms with Crippen LogP contribution >= 0.6 is 0 Å². The third-order valence-corrected chi connectivity index (χ3v) is 3.82. The third kappa shape index (κ3) is 3.82. The Balaban J connectivity index is 1.65. The number of aliphatic imine (C=N–C) groups is 1. The quantitative estimate of drug-likeness (QED) is 0.589. The predicted octanol–water partition coefficient (Wildman–Crippen LogP) is 2.13. The molecule has 5 heteroatoms. The Morgan fingerprint density at radius 1 is 1.29 bits per heavy atom. The summed E-state index contributed by atoms with van der Waals surface area (Å²) in [5.74, 6) is -1.35. The molecule has 0 amide bonds. The average Bonchev–Trinajstić information content (AvgIpc) is 2.53. The molecule has 1 unspecified atom stereocenters. The van der Waals surface area contributed by atoms with Gasteiger partial charge in [0.2, 0.25) is 5.92 Å². The van der Waals surface area contributed by atoms with Crippen molar-refractivity contribution in [3.05, 3.63) is 0 Å². The number of halogens is 2. The molecule has 2 fully saturated rings. The van der Waals surface area contributed by atoms with E-state index in [-0.39, 0.29) is 18.8 Å². The van der Waals surface area contributed by atoms with Gasteiger partial charge in [0.1, 0.15) is 0 Å². The highest BCUT2D eigenvalue weighted by atomic mass is 19.3. The van der Waals surface area contributed by atoms with E-state index < -0.39 is 5.92 Å². The first-order valence-electron chi connectivity index (χ1n) is 6.47. The van der Waals surface area contributed by atoms with Crippen molar-refractivity contribution in [2.75, 3.05) is 13.1 Å². The minimum atomic E-state index is -2.48. The van der Waals surface area contributed by atoms with Gasteiger partial charge in [0, 0.05) is 25.9 Å². The van der Waals surface area contributed by atoms with Crippen molar-refractivity contribution < 1.29 is 8.78 Å². The summed E-state index contributed by atoms with van der Waals surface area (Å²) in [4.78, 5) is 4.15. The maximum absolute atomic E-state index is 12.9. The first-order chi connectivity index (χ1) is 8.05. The Kier molecular flexibility index (Phi) is 3.84. The lowest BCUT2D eigenvalue weighted by atomic mass is 9.85. The molecule has 0 saturated heterocycles. The highest BCUT2D eigenvalue weighted by molar-refractivity contribution is 5.77. The molecule has 0 heterocycles. The van der Waals surface area contributed by atoms with E-state index in [1.807, 2.05) is 0 Å². The van der Waals surface area contributed by atoms with E-state index in [4.69, 9.17) is 5.73 Å². The van der Waals surface area contributed by atoms with Gasteiger partial charge < -0.3 is 11.1 Å². The fourth-order valence-electron chi connectivity index (χ4n) is 2.43. The first-order valence-corrected chi connectivity index (χ1v) is 6.47. The molecule has 2 aliphatic rings. The molecule has 17 heavy (non-hydrogen) atoms. The zero-order valence-corrected chi connectivity index (χ0v) is 10.1. The Labute approximate surface area is 101 Å². The van der Waals surface area contributed by atoms with Gasteiger partial charge >= 0.3 is 0 Å². The highest BCUT2D eigenvalue weighted by Crippen LogP contribution is 2.38. The molecular formula is C12H21F2N3. The van der Waals surface area contributed by atoms with Gasteiger partial charge in [-0.3, -0.25) is 4.99 Å². The van der Waals surface area contributed by atoms with Crippen LogP contribution in [0, 0.1) is 11.8 Å². The Morgan fingerprint density at radius 2 is 2.06 bits per heavy atom. The summed E-state index contributed by atoms with van der Waals surface area (Å²) < 4.78 is 25.9. The van der Waals surface area contributed by atoms with Gasteiger partial charge in [0.05, 0.1) is 0 Å². The number of nitrogens with one attached hydrogen (secondary N) is 1. The van der Waals surface area contributed by atoms with Crippen LogP contribution in [-0.2, 0) is 0 Å². The minimum absolute atomic E-state index is 0.00257. The van der Waals surface area contributed by atoms with Crippen LogP contribution in [0.5, 0.6) is 0 Å². The second-order valence-electron chi connectivity index (χ2n) is 5.37. The van der Waals surface area contributed by atoms with Crippen molar-refractivity contribution in [2.24, 2.45) is 22.6 Å². The fraction of sp³-hybridized carbons (Fsp3) is 0.917. The van der Waals surface area contributed by atoms with Crippen LogP contribution in [0.15, 0.2) is 4.99 Å². The Bertz CT molecular complexity index is 287. The number of hydrogen-bond acceptors (Lipinski definition) is 1. The summed E-state index contributed by atoms with van der Waals surface area (Å²) in [6.07, 6.45) is 4.35. The number of rotatable bonds is 4. The Morgan fingerprint density at radius 3 is 2.59 bits per heavy atom. The van der Waals surface area contributed by atoms with Gasteiger partial charge in [-0.05, 0) is 31.1 Å². The fourth-order valence-corrected chi connectivity index (χ4v) is 2.43. The Hall–Kier alpha value is -0.870. The van der Waals surface area contributed by atoms with Crippen LogP contribution in [0.2, 0.25) is 0 Å². The molecule has 0 aromatic carbocycles. The number of guanidine groups is 1. The topological polar surface area (TPSA) is 50.4 Å². The van der Waals surface area contributed by atoms with Crippen LogP contribution < -0.4 is 11.1 Å². The van der Waals surface area contributed by atoms with Crippen LogP contribution in [0.3, 0.4) is 0 Å². The highest BCUT2D eigenvalue weighted by Gasteiger charge is 2.39. The zero-order valence-electron chi connectivity index (χ0n) is 10.1. The van der Waals surface area contributed by atoms with Gasteiger partial charge in [-0.1, -0.05) is 6.42 Å². The van der Waals surface area contributed by atoms with E-state index in [1.165, 1.54) is 19.3 Å². The van der Waals surface area contributed by atoms with Gasteiger partial charge in [-0.2, -0.15) is 0 Å². The number of nitrogens with zero attached hydrogens (tertiary/aromatic N) is 1. The third-order valence-electron chi connectivity index (χ3n) is 3.82. The lowest BCUT2D eigenvalue weighted by Crippen LogP contribution is -2.37. The normalized spacial score (nSPS) is 29.1. The molecule has 0 aliphatic heterocycles. The second-order valence-corrected chi connectivity index (χ2v) is 5.37. The van der Waals surface area contributed by atoms with Gasteiger partial charge in [0.25, 0.3) is 0 Å². The first kappa shape index (κ1) is 12.6. The van der Waals surface area contributed by atoms with Crippen molar-refractivity contribution in [3.63, 3.8) is 0 Å². The summed E-state index contributed by atoms with van der Waals surface area (Å²) >= 11 is 0. The van der Waals surface area contributed by atoms with Crippen LogP contribution in [0.25, 0.3) is 0 Å². The maximum atomic E-state index is 12.9. The van der Waals surface area contributed by atoms with E-state index in [2.05, 4.69) is 10.3 Å². The van der Waals surface area contributed by atoms with E-state index in [0.29, 0.717) is 18.9 Å². The number of hydrogen-bond donors (Lipinski definition) is 2. The summed E-state index contributed by atoms with van der Waals surface area (Å²) in [5, 5.41) is 3.07. The van der Waals surface area contributed by atoms with Crippen molar-refractivity contribution in [1.29, 1.82) is 0 Å².